The van der Waals surface area contributed by atoms with Gasteiger partial charge in [0.15, 0.2) is 5.78 Å². The summed E-state index contributed by atoms with van der Waals surface area (Å²) in [6.45, 7) is 1.88. The molecule has 0 unspecified atom stereocenters. The number of thioether (sulfide) groups is 1. The molecule has 0 aliphatic carbocycles. The van der Waals surface area contributed by atoms with Crippen molar-refractivity contribution in [2.75, 3.05) is 5.75 Å². The molecule has 0 aliphatic rings. The Bertz CT molecular complexity index is 571. The third-order valence-corrected chi connectivity index (χ3v) is 3.50. The fourth-order valence-corrected chi connectivity index (χ4v) is 2.36. The van der Waals surface area contributed by atoms with Gasteiger partial charge in [0.25, 0.3) is 0 Å². The van der Waals surface area contributed by atoms with Crippen molar-refractivity contribution in [1.29, 1.82) is 0 Å². The quantitative estimate of drug-likeness (QED) is 0.623. The molecule has 18 heavy (non-hydrogen) atoms. The van der Waals surface area contributed by atoms with Crippen molar-refractivity contribution in [3.05, 3.63) is 59.7 Å². The highest BCUT2D eigenvalue weighted by Crippen LogP contribution is 2.20. The van der Waals surface area contributed by atoms with Gasteiger partial charge in [-0.15, -0.1) is 11.8 Å². The lowest BCUT2D eigenvalue weighted by Crippen LogP contribution is -2.05. The van der Waals surface area contributed by atoms with Crippen LogP contribution in [0.3, 0.4) is 0 Å². The van der Waals surface area contributed by atoms with Gasteiger partial charge in [0, 0.05) is 22.9 Å². The Kier molecular flexibility index (Phi) is 4.10. The number of hydrogen-bond donors (Lipinski definition) is 0. The molecule has 4 heteroatoms. The first-order valence-electron chi connectivity index (χ1n) is 5.49. The number of pyridine rings is 1. The highest BCUT2D eigenvalue weighted by molar-refractivity contribution is 8.00. The Morgan fingerprint density at radius 3 is 2.94 bits per heavy atom. The first-order valence-corrected chi connectivity index (χ1v) is 6.47. The SMILES string of the molecule is Cc1ccncc1C(=O)CSc1cccc(F)c1. The number of rotatable bonds is 4. The molecule has 2 nitrogen and oxygen atoms in total. The minimum Gasteiger partial charge on any atom is -0.293 e. The van der Waals surface area contributed by atoms with Crippen molar-refractivity contribution in [3.63, 3.8) is 0 Å². The number of nitrogens with zero attached hydrogens (tertiary/aromatic N) is 1. The summed E-state index contributed by atoms with van der Waals surface area (Å²) in [6.07, 6.45) is 3.23. The van der Waals surface area contributed by atoms with Crippen LogP contribution in [0.2, 0.25) is 0 Å². The summed E-state index contributed by atoms with van der Waals surface area (Å²) in [4.78, 5) is 16.7. The van der Waals surface area contributed by atoms with Crippen molar-refractivity contribution in [2.24, 2.45) is 0 Å². The van der Waals surface area contributed by atoms with Crippen molar-refractivity contribution in [3.8, 4) is 0 Å². The molecule has 0 N–H and O–H groups in total. The molecule has 1 aromatic carbocycles. The van der Waals surface area contributed by atoms with Crippen LogP contribution < -0.4 is 0 Å². The average Bonchev–Trinajstić information content (AvgIpc) is 2.37. The summed E-state index contributed by atoms with van der Waals surface area (Å²) in [7, 11) is 0. The smallest absolute Gasteiger partial charge is 0.174 e. The molecule has 0 amide bonds. The fourth-order valence-electron chi connectivity index (χ4n) is 1.54. The highest BCUT2D eigenvalue weighted by atomic mass is 32.2. The van der Waals surface area contributed by atoms with Crippen LogP contribution in [-0.4, -0.2) is 16.5 Å². The molecule has 0 aliphatic heterocycles. The Morgan fingerprint density at radius 1 is 1.39 bits per heavy atom. The Hall–Kier alpha value is -1.68. The monoisotopic (exact) mass is 261 g/mol. The van der Waals surface area contributed by atoms with Crippen LogP contribution in [-0.2, 0) is 0 Å². The van der Waals surface area contributed by atoms with Gasteiger partial charge >= 0.3 is 0 Å². The summed E-state index contributed by atoms with van der Waals surface area (Å²) >= 11 is 1.33. The van der Waals surface area contributed by atoms with Crippen LogP contribution in [0.25, 0.3) is 0 Å². The van der Waals surface area contributed by atoms with Gasteiger partial charge in [0.2, 0.25) is 0 Å². The minimum absolute atomic E-state index is 0.00913. The molecular weight excluding hydrogens is 249 g/mol. The number of Topliss-reactive ketones (excluding diaryl/α,β-unsaturated/α-hetero) is 1. The maximum atomic E-state index is 13.0. The molecule has 0 spiro atoms. The first kappa shape index (κ1) is 12.8. The van der Waals surface area contributed by atoms with Crippen molar-refractivity contribution < 1.29 is 9.18 Å². The first-order chi connectivity index (χ1) is 8.66. The summed E-state index contributed by atoms with van der Waals surface area (Å²) in [5.41, 5.74) is 1.54. The zero-order valence-electron chi connectivity index (χ0n) is 9.89. The van der Waals surface area contributed by atoms with E-state index < -0.39 is 0 Å². The second-order valence-electron chi connectivity index (χ2n) is 3.86. The van der Waals surface area contributed by atoms with Crippen LogP contribution in [0.5, 0.6) is 0 Å². The summed E-state index contributed by atoms with van der Waals surface area (Å²) in [5, 5.41) is 0. The molecule has 2 rings (SSSR count). The summed E-state index contributed by atoms with van der Waals surface area (Å²) in [6, 6.07) is 8.04. The lowest BCUT2D eigenvalue weighted by Gasteiger charge is -2.04. The number of halogens is 1. The summed E-state index contributed by atoms with van der Waals surface area (Å²) < 4.78 is 13.0. The molecule has 0 saturated carbocycles. The zero-order chi connectivity index (χ0) is 13.0. The number of aromatic nitrogens is 1. The average molecular weight is 261 g/mol. The zero-order valence-corrected chi connectivity index (χ0v) is 10.7. The van der Waals surface area contributed by atoms with Gasteiger partial charge in [-0.1, -0.05) is 6.07 Å². The molecule has 92 valence electrons. The molecule has 0 atom stereocenters. The third-order valence-electron chi connectivity index (χ3n) is 2.51. The molecule has 0 fully saturated rings. The van der Waals surface area contributed by atoms with E-state index in [0.717, 1.165) is 10.5 Å². The van der Waals surface area contributed by atoms with E-state index in [2.05, 4.69) is 4.98 Å². The molecule has 0 bridgehead atoms. The van der Waals surface area contributed by atoms with E-state index in [1.54, 1.807) is 30.6 Å². The number of aryl methyl sites for hydroxylation is 1. The minimum atomic E-state index is -0.287. The Balaban J connectivity index is 2.03. The maximum absolute atomic E-state index is 13.0. The van der Waals surface area contributed by atoms with E-state index in [1.165, 1.54) is 23.9 Å². The standard InChI is InChI=1S/C14H12FNOS/c1-10-5-6-16-8-13(10)14(17)9-18-12-4-2-3-11(15)7-12/h2-8H,9H2,1H3. The molecule has 2 aromatic rings. The van der Waals surface area contributed by atoms with Gasteiger partial charge in [0.1, 0.15) is 5.82 Å². The topological polar surface area (TPSA) is 30.0 Å². The van der Waals surface area contributed by atoms with Crippen LogP contribution >= 0.6 is 11.8 Å². The van der Waals surface area contributed by atoms with Crippen molar-refractivity contribution in [2.45, 2.75) is 11.8 Å². The van der Waals surface area contributed by atoms with E-state index in [0.29, 0.717) is 5.56 Å². The van der Waals surface area contributed by atoms with Gasteiger partial charge in [0.05, 0.1) is 5.75 Å². The molecular formula is C14H12FNOS. The summed E-state index contributed by atoms with van der Waals surface area (Å²) in [5.74, 6) is 0.00979. The van der Waals surface area contributed by atoms with Gasteiger partial charge in [-0.25, -0.2) is 4.39 Å². The van der Waals surface area contributed by atoms with Crippen molar-refractivity contribution >= 4 is 17.5 Å². The highest BCUT2D eigenvalue weighted by Gasteiger charge is 2.09. The second-order valence-corrected chi connectivity index (χ2v) is 4.91. The molecule has 0 saturated heterocycles. The van der Waals surface area contributed by atoms with Gasteiger partial charge in [-0.3, -0.25) is 9.78 Å². The van der Waals surface area contributed by atoms with Crippen molar-refractivity contribution in [1.82, 2.24) is 4.98 Å². The normalized spacial score (nSPS) is 10.3. The number of carbonyl (C=O) groups is 1. The van der Waals surface area contributed by atoms with Crippen LogP contribution in [0.4, 0.5) is 4.39 Å². The molecule has 1 aromatic heterocycles. The number of carbonyl (C=O) groups excluding carboxylic acids is 1. The molecule has 0 radical (unpaired) electrons. The van der Waals surface area contributed by atoms with Crippen LogP contribution in [0.15, 0.2) is 47.6 Å². The third kappa shape index (κ3) is 3.17. The predicted octanol–water partition coefficient (Wildman–Crippen LogP) is 3.50. The number of benzene rings is 1. The second kappa shape index (κ2) is 5.78. The van der Waals surface area contributed by atoms with E-state index in [-0.39, 0.29) is 17.4 Å². The lowest BCUT2D eigenvalue weighted by atomic mass is 10.1. The Morgan fingerprint density at radius 2 is 2.22 bits per heavy atom. The predicted molar refractivity (Wildman–Crippen MR) is 70.4 cm³/mol. The number of hydrogen-bond acceptors (Lipinski definition) is 3. The van der Waals surface area contributed by atoms with Crippen LogP contribution in [0, 0.1) is 12.7 Å². The fraction of sp³-hybridized carbons (Fsp3) is 0.143. The lowest BCUT2D eigenvalue weighted by molar-refractivity contribution is 0.102. The van der Waals surface area contributed by atoms with E-state index in [1.807, 2.05) is 6.92 Å². The van der Waals surface area contributed by atoms with E-state index >= 15 is 0 Å². The molecule has 1 heterocycles. The van der Waals surface area contributed by atoms with Gasteiger partial charge in [-0.2, -0.15) is 0 Å². The Labute approximate surface area is 109 Å². The van der Waals surface area contributed by atoms with E-state index in [4.69, 9.17) is 0 Å². The van der Waals surface area contributed by atoms with Gasteiger partial charge in [-0.05, 0) is 36.8 Å². The maximum Gasteiger partial charge on any atom is 0.174 e. The largest absolute Gasteiger partial charge is 0.293 e. The van der Waals surface area contributed by atoms with Crippen LogP contribution in [0.1, 0.15) is 15.9 Å². The number of ketones is 1. The van der Waals surface area contributed by atoms with Gasteiger partial charge < -0.3 is 0 Å². The van der Waals surface area contributed by atoms with E-state index in [9.17, 15) is 9.18 Å².